The van der Waals surface area contributed by atoms with E-state index in [1.54, 1.807) is 0 Å². The maximum absolute atomic E-state index is 4.78. The Balaban J connectivity index is 1.44. The van der Waals surface area contributed by atoms with Crippen molar-refractivity contribution in [1.82, 2.24) is 15.3 Å². The van der Waals surface area contributed by atoms with Crippen molar-refractivity contribution in [2.24, 2.45) is 17.8 Å². The Morgan fingerprint density at radius 1 is 1.00 bits per heavy atom. The lowest BCUT2D eigenvalue weighted by molar-refractivity contribution is -0.00708. The molecule has 6 rings (SSSR count). The van der Waals surface area contributed by atoms with Gasteiger partial charge in [0.05, 0.1) is 6.04 Å². The summed E-state index contributed by atoms with van der Waals surface area (Å²) in [7, 11) is 0. The van der Waals surface area contributed by atoms with Crippen LogP contribution in [0.4, 0.5) is 0 Å². The molecule has 5 fully saturated rings. The van der Waals surface area contributed by atoms with Crippen molar-refractivity contribution in [3.63, 3.8) is 0 Å². The van der Waals surface area contributed by atoms with Crippen molar-refractivity contribution in [2.75, 3.05) is 6.54 Å². The molecule has 3 nitrogen and oxygen atoms in total. The Labute approximate surface area is 127 Å². The molecule has 21 heavy (non-hydrogen) atoms. The molecule has 4 saturated carbocycles. The largest absolute Gasteiger partial charge is 0.344 e. The molecule has 2 N–H and O–H groups in total. The van der Waals surface area contributed by atoms with Crippen LogP contribution in [-0.2, 0) is 5.41 Å². The number of H-pyrrole nitrogens is 1. The molecule has 4 aliphatic carbocycles. The normalized spacial score (nSPS) is 45.1. The van der Waals surface area contributed by atoms with Gasteiger partial charge in [0.15, 0.2) is 0 Å². The van der Waals surface area contributed by atoms with Crippen molar-refractivity contribution in [1.29, 1.82) is 0 Å². The molecular weight excluding hydrogens is 258 g/mol. The zero-order valence-corrected chi connectivity index (χ0v) is 12.9. The van der Waals surface area contributed by atoms with Gasteiger partial charge in [0.25, 0.3) is 0 Å². The van der Waals surface area contributed by atoms with E-state index in [1.165, 1.54) is 69.3 Å². The van der Waals surface area contributed by atoms with E-state index in [1.807, 2.05) is 0 Å². The Kier molecular flexibility index (Phi) is 2.77. The molecule has 1 aliphatic heterocycles. The highest BCUT2D eigenvalue weighted by Gasteiger charge is 2.52. The molecule has 0 amide bonds. The third-order valence-electron chi connectivity index (χ3n) is 6.85. The van der Waals surface area contributed by atoms with E-state index in [-0.39, 0.29) is 0 Å². The quantitative estimate of drug-likeness (QED) is 0.870. The lowest BCUT2D eigenvalue weighted by Gasteiger charge is -2.56. The first-order chi connectivity index (χ1) is 10.3. The third-order valence-corrected chi connectivity index (χ3v) is 6.85. The van der Waals surface area contributed by atoms with Gasteiger partial charge in [-0.2, -0.15) is 0 Å². The molecule has 2 heterocycles. The van der Waals surface area contributed by atoms with Crippen molar-refractivity contribution in [3.05, 3.63) is 17.7 Å². The second-order valence-electron chi connectivity index (χ2n) is 8.38. The van der Waals surface area contributed by atoms with Gasteiger partial charge in [0.1, 0.15) is 5.82 Å². The topological polar surface area (TPSA) is 40.7 Å². The van der Waals surface area contributed by atoms with Crippen LogP contribution in [0.1, 0.15) is 75.3 Å². The second-order valence-corrected chi connectivity index (χ2v) is 8.38. The SMILES string of the molecule is c1nc(C2CCCCN2)[nH]c1C12CC3CC(CC(C3)C1)C2. The number of imidazole rings is 1. The third kappa shape index (κ3) is 2.00. The second kappa shape index (κ2) is 4.58. The number of aromatic nitrogens is 2. The molecule has 0 spiro atoms. The van der Waals surface area contributed by atoms with Gasteiger partial charge in [-0.3, -0.25) is 0 Å². The van der Waals surface area contributed by atoms with Crippen LogP contribution in [0.3, 0.4) is 0 Å². The lowest BCUT2D eigenvalue weighted by atomic mass is 9.49. The minimum atomic E-state index is 0.467. The molecule has 0 radical (unpaired) electrons. The highest BCUT2D eigenvalue weighted by Crippen LogP contribution is 2.60. The summed E-state index contributed by atoms with van der Waals surface area (Å²) in [5.74, 6) is 4.24. The summed E-state index contributed by atoms with van der Waals surface area (Å²) in [5, 5.41) is 3.63. The van der Waals surface area contributed by atoms with Gasteiger partial charge in [0, 0.05) is 17.3 Å². The van der Waals surface area contributed by atoms with Gasteiger partial charge >= 0.3 is 0 Å². The van der Waals surface area contributed by atoms with Crippen LogP contribution >= 0.6 is 0 Å². The van der Waals surface area contributed by atoms with Crippen LogP contribution in [0.2, 0.25) is 0 Å². The van der Waals surface area contributed by atoms with Crippen molar-refractivity contribution in [3.8, 4) is 0 Å². The van der Waals surface area contributed by atoms with E-state index in [0.29, 0.717) is 11.5 Å². The summed E-state index contributed by atoms with van der Waals surface area (Å²) in [4.78, 5) is 8.55. The fourth-order valence-electron chi connectivity index (χ4n) is 6.31. The van der Waals surface area contributed by atoms with Crippen molar-refractivity contribution >= 4 is 0 Å². The predicted molar refractivity (Wildman–Crippen MR) is 83.0 cm³/mol. The Morgan fingerprint density at radius 2 is 1.71 bits per heavy atom. The number of nitrogens with zero attached hydrogens (tertiary/aromatic N) is 1. The lowest BCUT2D eigenvalue weighted by Crippen LogP contribution is -2.48. The standard InChI is InChI=1S/C18H27N3/c1-2-4-19-15(3-1)17-20-11-16(21-17)18-8-12-5-13(9-18)7-14(6-12)10-18/h11-15,19H,1-10H2,(H,20,21). The fraction of sp³-hybridized carbons (Fsp3) is 0.833. The number of rotatable bonds is 2. The van der Waals surface area contributed by atoms with Gasteiger partial charge in [-0.05, 0) is 75.7 Å². The fourth-order valence-corrected chi connectivity index (χ4v) is 6.31. The van der Waals surface area contributed by atoms with E-state index < -0.39 is 0 Å². The monoisotopic (exact) mass is 285 g/mol. The molecule has 4 bridgehead atoms. The molecule has 114 valence electrons. The molecule has 1 aromatic heterocycles. The van der Waals surface area contributed by atoms with Crippen molar-refractivity contribution in [2.45, 2.75) is 69.2 Å². The molecule has 5 aliphatic rings. The summed E-state index contributed by atoms with van der Waals surface area (Å²) in [6, 6.07) is 0.474. The highest BCUT2D eigenvalue weighted by atomic mass is 15.0. The summed E-state index contributed by atoms with van der Waals surface area (Å²) in [6.07, 6.45) is 14.9. The molecule has 0 aromatic carbocycles. The number of piperidine rings is 1. The van der Waals surface area contributed by atoms with Crippen LogP contribution < -0.4 is 5.32 Å². The zero-order chi connectivity index (χ0) is 13.9. The van der Waals surface area contributed by atoms with E-state index >= 15 is 0 Å². The molecule has 1 unspecified atom stereocenters. The summed E-state index contributed by atoms with van der Waals surface area (Å²) in [6.45, 7) is 1.15. The minimum absolute atomic E-state index is 0.467. The number of nitrogens with one attached hydrogen (secondary N) is 2. The van der Waals surface area contributed by atoms with Gasteiger partial charge in [-0.1, -0.05) is 6.42 Å². The van der Waals surface area contributed by atoms with Gasteiger partial charge in [-0.25, -0.2) is 4.98 Å². The summed E-state index contributed by atoms with van der Waals surface area (Å²) in [5.41, 5.74) is 1.94. The van der Waals surface area contributed by atoms with Crippen LogP contribution in [0, 0.1) is 17.8 Å². The first kappa shape index (κ1) is 12.7. The molecular formula is C18H27N3. The minimum Gasteiger partial charge on any atom is -0.344 e. The van der Waals surface area contributed by atoms with Crippen LogP contribution in [0.5, 0.6) is 0 Å². The summed E-state index contributed by atoms with van der Waals surface area (Å²) < 4.78 is 0. The van der Waals surface area contributed by atoms with E-state index in [4.69, 9.17) is 4.98 Å². The Bertz CT molecular complexity index is 491. The predicted octanol–water partition coefficient (Wildman–Crippen LogP) is 3.69. The van der Waals surface area contributed by atoms with Crippen LogP contribution in [-0.4, -0.2) is 16.5 Å². The smallest absolute Gasteiger partial charge is 0.123 e. The summed E-state index contributed by atoms with van der Waals surface area (Å²) >= 11 is 0. The van der Waals surface area contributed by atoms with Gasteiger partial charge in [-0.15, -0.1) is 0 Å². The van der Waals surface area contributed by atoms with E-state index in [0.717, 1.165) is 24.3 Å². The molecule has 1 atom stereocenters. The first-order valence-corrected chi connectivity index (χ1v) is 9.09. The maximum Gasteiger partial charge on any atom is 0.123 e. The van der Waals surface area contributed by atoms with Crippen molar-refractivity contribution < 1.29 is 0 Å². The van der Waals surface area contributed by atoms with Gasteiger partial charge < -0.3 is 10.3 Å². The Hall–Kier alpha value is -0.830. The van der Waals surface area contributed by atoms with Gasteiger partial charge in [0.2, 0.25) is 0 Å². The number of hydrogen-bond acceptors (Lipinski definition) is 2. The average molecular weight is 285 g/mol. The number of hydrogen-bond donors (Lipinski definition) is 2. The maximum atomic E-state index is 4.78. The Morgan fingerprint density at radius 3 is 2.33 bits per heavy atom. The zero-order valence-electron chi connectivity index (χ0n) is 12.9. The van der Waals surface area contributed by atoms with E-state index in [2.05, 4.69) is 16.5 Å². The average Bonchev–Trinajstić information content (AvgIpc) is 2.97. The molecule has 3 heteroatoms. The molecule has 1 saturated heterocycles. The van der Waals surface area contributed by atoms with Crippen LogP contribution in [0.25, 0.3) is 0 Å². The van der Waals surface area contributed by atoms with Crippen LogP contribution in [0.15, 0.2) is 6.20 Å². The highest BCUT2D eigenvalue weighted by molar-refractivity contribution is 5.23. The number of aromatic amines is 1. The molecule has 1 aromatic rings. The first-order valence-electron chi connectivity index (χ1n) is 9.09. The van der Waals surface area contributed by atoms with E-state index in [9.17, 15) is 0 Å².